The first-order valence-corrected chi connectivity index (χ1v) is 8.57. The lowest BCUT2D eigenvalue weighted by atomic mass is 10.2. The van der Waals surface area contributed by atoms with Crippen LogP contribution < -0.4 is 4.72 Å². The Bertz CT molecular complexity index is 812. The molecule has 1 aromatic heterocycles. The summed E-state index contributed by atoms with van der Waals surface area (Å²) < 4.78 is 27.2. The maximum absolute atomic E-state index is 12.4. The molecule has 1 aromatic carbocycles. The van der Waals surface area contributed by atoms with Gasteiger partial charge in [-0.3, -0.25) is 4.72 Å². The number of sulfonamides is 1. The number of aromatic carboxylic acids is 1. The van der Waals surface area contributed by atoms with Gasteiger partial charge in [0.2, 0.25) is 0 Å². The molecule has 0 aliphatic carbocycles. The predicted octanol–water partition coefficient (Wildman–Crippen LogP) is 3.52. The third-order valence-electron chi connectivity index (χ3n) is 2.91. The zero-order chi connectivity index (χ0) is 15.8. The molecule has 2 rings (SSSR count). The summed E-state index contributed by atoms with van der Waals surface area (Å²) in [6, 6.07) is 4.54. The lowest BCUT2D eigenvalue weighted by Gasteiger charge is -2.11. The van der Waals surface area contributed by atoms with Crippen LogP contribution in [0, 0.1) is 13.8 Å². The van der Waals surface area contributed by atoms with Crippen LogP contribution in [0.2, 0.25) is 5.02 Å². The molecule has 0 amide bonds. The summed E-state index contributed by atoms with van der Waals surface area (Å²) in [6.45, 7) is 3.24. The number of hydrogen-bond donors (Lipinski definition) is 2. The Labute approximate surface area is 131 Å². The van der Waals surface area contributed by atoms with Gasteiger partial charge >= 0.3 is 5.97 Å². The van der Waals surface area contributed by atoms with Crippen molar-refractivity contribution in [2.24, 2.45) is 0 Å². The second kappa shape index (κ2) is 5.67. The number of carboxylic acid groups (broad SMARTS) is 1. The molecule has 0 saturated carbocycles. The van der Waals surface area contributed by atoms with Crippen LogP contribution in [0.1, 0.15) is 20.8 Å². The Morgan fingerprint density at radius 1 is 1.33 bits per heavy atom. The average Bonchev–Trinajstić information content (AvgIpc) is 2.74. The number of thiophene rings is 1. The second-order valence-corrected chi connectivity index (χ2v) is 7.33. The smallest absolute Gasteiger partial charge is 0.348 e. The molecule has 21 heavy (non-hydrogen) atoms. The third-order valence-corrected chi connectivity index (χ3v) is 5.90. The zero-order valence-corrected chi connectivity index (χ0v) is 13.6. The van der Waals surface area contributed by atoms with Crippen LogP contribution in [-0.2, 0) is 10.0 Å². The van der Waals surface area contributed by atoms with Gasteiger partial charge in [-0.2, -0.15) is 0 Å². The first kappa shape index (κ1) is 15.8. The molecule has 112 valence electrons. The van der Waals surface area contributed by atoms with E-state index in [2.05, 4.69) is 4.72 Å². The highest BCUT2D eigenvalue weighted by atomic mass is 35.5. The predicted molar refractivity (Wildman–Crippen MR) is 83.0 cm³/mol. The molecule has 2 N–H and O–H groups in total. The first-order valence-electron chi connectivity index (χ1n) is 5.83. The zero-order valence-electron chi connectivity index (χ0n) is 11.2. The van der Waals surface area contributed by atoms with Crippen LogP contribution in [0.15, 0.2) is 28.5 Å². The fraction of sp³-hybridized carbons (Fsp3) is 0.154. The summed E-state index contributed by atoms with van der Waals surface area (Å²) in [4.78, 5) is 11.1. The van der Waals surface area contributed by atoms with Crippen LogP contribution in [0.5, 0.6) is 0 Å². The van der Waals surface area contributed by atoms with Gasteiger partial charge in [0.05, 0.1) is 10.6 Å². The first-order chi connectivity index (χ1) is 9.74. The largest absolute Gasteiger partial charge is 0.477 e. The highest BCUT2D eigenvalue weighted by molar-refractivity contribution is 7.92. The number of benzene rings is 1. The molecule has 0 aliphatic heterocycles. The summed E-state index contributed by atoms with van der Waals surface area (Å²) in [6.07, 6.45) is 0. The minimum atomic E-state index is -3.91. The molecule has 5 nitrogen and oxygen atoms in total. The number of aryl methyl sites for hydroxylation is 1. The fourth-order valence-electron chi connectivity index (χ4n) is 1.80. The van der Waals surface area contributed by atoms with E-state index in [9.17, 15) is 13.2 Å². The molecule has 0 aliphatic rings. The lowest BCUT2D eigenvalue weighted by Crippen LogP contribution is -2.16. The van der Waals surface area contributed by atoms with Gasteiger partial charge in [-0.05, 0) is 42.5 Å². The van der Waals surface area contributed by atoms with Crippen LogP contribution in [0.4, 0.5) is 5.69 Å². The van der Waals surface area contributed by atoms with E-state index in [4.69, 9.17) is 16.7 Å². The average molecular weight is 346 g/mol. The Hall–Kier alpha value is -1.57. The molecule has 0 bridgehead atoms. The van der Waals surface area contributed by atoms with Crippen LogP contribution in [0.3, 0.4) is 0 Å². The number of halogens is 1. The van der Waals surface area contributed by atoms with Gasteiger partial charge in [-0.25, -0.2) is 13.2 Å². The molecular weight excluding hydrogens is 334 g/mol. The van der Waals surface area contributed by atoms with E-state index in [-0.39, 0.29) is 15.5 Å². The standard InChI is InChI=1S/C13H12ClNO4S2/c1-7-6-20-12(13(16)17)11(7)15-21(18,19)10-5-3-4-9(14)8(10)2/h3-6,15H,1-2H3,(H,16,17). The summed E-state index contributed by atoms with van der Waals surface area (Å²) in [5, 5.41) is 11.0. The van der Waals surface area contributed by atoms with Gasteiger partial charge in [0.25, 0.3) is 10.0 Å². The van der Waals surface area contributed by atoms with E-state index in [1.54, 1.807) is 25.3 Å². The molecule has 1 heterocycles. The maximum atomic E-state index is 12.4. The Morgan fingerprint density at radius 2 is 2.00 bits per heavy atom. The second-order valence-electron chi connectivity index (χ2n) is 4.40. The van der Waals surface area contributed by atoms with Crippen molar-refractivity contribution >= 4 is 44.6 Å². The Morgan fingerprint density at radius 3 is 2.62 bits per heavy atom. The molecule has 0 atom stereocenters. The molecule has 0 radical (unpaired) electrons. The van der Waals surface area contributed by atoms with E-state index in [0.29, 0.717) is 16.1 Å². The molecule has 0 spiro atoms. The minimum Gasteiger partial charge on any atom is -0.477 e. The molecular formula is C13H12ClNO4S2. The van der Waals surface area contributed by atoms with E-state index in [1.807, 2.05) is 0 Å². The number of carbonyl (C=O) groups is 1. The number of anilines is 1. The Kier molecular flexibility index (Phi) is 4.27. The van der Waals surface area contributed by atoms with Gasteiger partial charge in [-0.15, -0.1) is 11.3 Å². The molecule has 0 fully saturated rings. The lowest BCUT2D eigenvalue weighted by molar-refractivity contribution is 0.0703. The summed E-state index contributed by atoms with van der Waals surface area (Å²) >= 11 is 6.91. The Balaban J connectivity index is 2.50. The van der Waals surface area contributed by atoms with Gasteiger partial charge in [-0.1, -0.05) is 17.7 Å². The number of carboxylic acids is 1. The molecule has 0 saturated heterocycles. The summed E-state index contributed by atoms with van der Waals surface area (Å²) in [7, 11) is -3.91. The number of nitrogens with one attached hydrogen (secondary N) is 1. The van der Waals surface area contributed by atoms with Crippen molar-refractivity contribution in [2.75, 3.05) is 4.72 Å². The summed E-state index contributed by atoms with van der Waals surface area (Å²) in [5.41, 5.74) is 1.06. The highest BCUT2D eigenvalue weighted by Crippen LogP contribution is 2.31. The van der Waals surface area contributed by atoms with Crippen molar-refractivity contribution in [1.29, 1.82) is 0 Å². The minimum absolute atomic E-state index is 0.0249. The topological polar surface area (TPSA) is 83.5 Å². The number of hydrogen-bond acceptors (Lipinski definition) is 4. The van der Waals surface area contributed by atoms with E-state index >= 15 is 0 Å². The molecule has 8 heteroatoms. The van der Waals surface area contributed by atoms with Gasteiger partial charge in [0, 0.05) is 5.02 Å². The van der Waals surface area contributed by atoms with Gasteiger partial charge < -0.3 is 5.11 Å². The van der Waals surface area contributed by atoms with E-state index < -0.39 is 16.0 Å². The third kappa shape index (κ3) is 3.04. The van der Waals surface area contributed by atoms with Gasteiger partial charge in [0.1, 0.15) is 4.88 Å². The summed E-state index contributed by atoms with van der Waals surface area (Å²) in [5.74, 6) is -1.17. The number of rotatable bonds is 4. The van der Waals surface area contributed by atoms with Crippen LogP contribution in [0.25, 0.3) is 0 Å². The van der Waals surface area contributed by atoms with Crippen molar-refractivity contribution in [3.05, 3.63) is 44.6 Å². The van der Waals surface area contributed by atoms with Crippen molar-refractivity contribution in [3.63, 3.8) is 0 Å². The normalized spacial score (nSPS) is 11.4. The molecule has 2 aromatic rings. The monoisotopic (exact) mass is 345 g/mol. The van der Waals surface area contributed by atoms with Crippen molar-refractivity contribution in [3.8, 4) is 0 Å². The van der Waals surface area contributed by atoms with Crippen molar-refractivity contribution < 1.29 is 18.3 Å². The highest BCUT2D eigenvalue weighted by Gasteiger charge is 2.23. The van der Waals surface area contributed by atoms with Crippen molar-refractivity contribution in [2.45, 2.75) is 18.7 Å². The SMILES string of the molecule is Cc1csc(C(=O)O)c1NS(=O)(=O)c1cccc(Cl)c1C. The maximum Gasteiger partial charge on any atom is 0.348 e. The van der Waals surface area contributed by atoms with Crippen molar-refractivity contribution in [1.82, 2.24) is 0 Å². The van der Waals surface area contributed by atoms with E-state index in [0.717, 1.165) is 11.3 Å². The van der Waals surface area contributed by atoms with E-state index in [1.165, 1.54) is 12.1 Å². The van der Waals surface area contributed by atoms with Crippen LogP contribution in [-0.4, -0.2) is 19.5 Å². The van der Waals surface area contributed by atoms with Gasteiger partial charge in [0.15, 0.2) is 0 Å². The quantitative estimate of drug-likeness (QED) is 0.888. The fourth-order valence-corrected chi connectivity index (χ4v) is 4.35. The van der Waals surface area contributed by atoms with Crippen LogP contribution >= 0.6 is 22.9 Å². The molecule has 0 unspecified atom stereocenters.